The van der Waals surface area contributed by atoms with Gasteiger partial charge in [0.05, 0.1) is 11.6 Å². The highest BCUT2D eigenvalue weighted by Gasteiger charge is 2.09. The standard InChI is InChI=1S/C20H16FN3/c1-2-3-15-12-23-20(24-13-15)17-8-9-18(19(21)10-17)16-6-4-14(11-22)5-7-16/h4-10,12-13H,2-3H2,1H3. The highest BCUT2D eigenvalue weighted by molar-refractivity contribution is 5.69. The number of nitrogens with zero attached hydrogens (tertiary/aromatic N) is 3. The summed E-state index contributed by atoms with van der Waals surface area (Å²) in [5.74, 6) is 0.179. The zero-order valence-corrected chi connectivity index (χ0v) is 13.3. The van der Waals surface area contributed by atoms with Gasteiger partial charge in [0, 0.05) is 23.5 Å². The van der Waals surface area contributed by atoms with E-state index >= 15 is 0 Å². The van der Waals surface area contributed by atoms with E-state index in [2.05, 4.69) is 23.0 Å². The topological polar surface area (TPSA) is 49.6 Å². The lowest BCUT2D eigenvalue weighted by Gasteiger charge is -2.07. The van der Waals surface area contributed by atoms with Gasteiger partial charge in [-0.1, -0.05) is 37.6 Å². The van der Waals surface area contributed by atoms with E-state index in [1.807, 2.05) is 6.07 Å². The minimum absolute atomic E-state index is 0.335. The van der Waals surface area contributed by atoms with Crippen LogP contribution in [0, 0.1) is 17.1 Å². The third kappa shape index (κ3) is 3.31. The van der Waals surface area contributed by atoms with Crippen LogP contribution in [0.1, 0.15) is 24.5 Å². The van der Waals surface area contributed by atoms with E-state index in [1.54, 1.807) is 42.7 Å². The van der Waals surface area contributed by atoms with Crippen molar-refractivity contribution in [1.82, 2.24) is 9.97 Å². The molecule has 0 radical (unpaired) electrons. The van der Waals surface area contributed by atoms with Gasteiger partial charge in [0.15, 0.2) is 5.82 Å². The van der Waals surface area contributed by atoms with Crippen LogP contribution in [0.25, 0.3) is 22.5 Å². The lowest BCUT2D eigenvalue weighted by atomic mass is 10.0. The van der Waals surface area contributed by atoms with Crippen molar-refractivity contribution < 1.29 is 4.39 Å². The van der Waals surface area contributed by atoms with E-state index in [-0.39, 0.29) is 5.82 Å². The minimum Gasteiger partial charge on any atom is -0.236 e. The summed E-state index contributed by atoms with van der Waals surface area (Å²) in [5.41, 5.74) is 3.50. The zero-order valence-electron chi connectivity index (χ0n) is 13.3. The molecule has 1 heterocycles. The summed E-state index contributed by atoms with van der Waals surface area (Å²) in [5, 5.41) is 8.83. The van der Waals surface area contributed by atoms with Crippen LogP contribution in [-0.2, 0) is 6.42 Å². The molecule has 24 heavy (non-hydrogen) atoms. The Labute approximate surface area is 140 Å². The van der Waals surface area contributed by atoms with Gasteiger partial charge in [-0.25, -0.2) is 14.4 Å². The van der Waals surface area contributed by atoms with Crippen LogP contribution in [0.15, 0.2) is 54.9 Å². The zero-order chi connectivity index (χ0) is 16.9. The molecule has 0 saturated carbocycles. The van der Waals surface area contributed by atoms with Gasteiger partial charge in [0.1, 0.15) is 5.82 Å². The smallest absolute Gasteiger partial charge is 0.159 e. The average Bonchev–Trinajstić information content (AvgIpc) is 2.63. The number of rotatable bonds is 4. The van der Waals surface area contributed by atoms with Crippen LogP contribution in [-0.4, -0.2) is 9.97 Å². The molecule has 0 fully saturated rings. The number of halogens is 1. The fraction of sp³-hybridized carbons (Fsp3) is 0.150. The summed E-state index contributed by atoms with van der Waals surface area (Å²) in [6, 6.07) is 13.9. The molecule has 118 valence electrons. The van der Waals surface area contributed by atoms with E-state index in [4.69, 9.17) is 5.26 Å². The van der Waals surface area contributed by atoms with E-state index < -0.39 is 0 Å². The number of benzene rings is 2. The van der Waals surface area contributed by atoms with Gasteiger partial charge in [0.2, 0.25) is 0 Å². The first kappa shape index (κ1) is 15.8. The molecular weight excluding hydrogens is 301 g/mol. The van der Waals surface area contributed by atoms with Crippen molar-refractivity contribution in [2.24, 2.45) is 0 Å². The molecule has 0 aliphatic heterocycles. The molecule has 0 spiro atoms. The second kappa shape index (κ2) is 7.01. The summed E-state index contributed by atoms with van der Waals surface area (Å²) >= 11 is 0. The monoisotopic (exact) mass is 317 g/mol. The summed E-state index contributed by atoms with van der Waals surface area (Å²) in [6.45, 7) is 2.10. The molecule has 0 N–H and O–H groups in total. The second-order valence-electron chi connectivity index (χ2n) is 5.55. The van der Waals surface area contributed by atoms with Crippen molar-refractivity contribution >= 4 is 0 Å². The molecule has 3 rings (SSSR count). The van der Waals surface area contributed by atoms with Crippen LogP contribution in [0.4, 0.5) is 4.39 Å². The van der Waals surface area contributed by atoms with Crippen LogP contribution in [0.3, 0.4) is 0 Å². The first-order valence-electron chi connectivity index (χ1n) is 7.82. The van der Waals surface area contributed by atoms with Gasteiger partial charge in [-0.05, 0) is 35.7 Å². The van der Waals surface area contributed by atoms with Gasteiger partial charge in [-0.3, -0.25) is 0 Å². The Morgan fingerprint density at radius 1 is 1.00 bits per heavy atom. The quantitative estimate of drug-likeness (QED) is 0.696. The van der Waals surface area contributed by atoms with E-state index in [9.17, 15) is 4.39 Å². The van der Waals surface area contributed by atoms with Gasteiger partial charge in [-0.2, -0.15) is 5.26 Å². The maximum Gasteiger partial charge on any atom is 0.159 e. The summed E-state index contributed by atoms with van der Waals surface area (Å²) in [6.07, 6.45) is 5.55. The Balaban J connectivity index is 1.90. The number of aromatic nitrogens is 2. The maximum atomic E-state index is 14.5. The summed E-state index contributed by atoms with van der Waals surface area (Å²) in [7, 11) is 0. The Morgan fingerprint density at radius 2 is 1.67 bits per heavy atom. The molecule has 0 unspecified atom stereocenters. The molecule has 2 aromatic carbocycles. The third-order valence-electron chi connectivity index (χ3n) is 3.80. The molecule has 4 heteroatoms. The minimum atomic E-state index is -0.335. The largest absolute Gasteiger partial charge is 0.236 e. The number of hydrogen-bond donors (Lipinski definition) is 0. The Kier molecular flexibility index (Phi) is 4.62. The van der Waals surface area contributed by atoms with Gasteiger partial charge in [0.25, 0.3) is 0 Å². The number of nitriles is 1. The fourth-order valence-corrected chi connectivity index (χ4v) is 2.53. The van der Waals surface area contributed by atoms with Crippen molar-refractivity contribution in [2.45, 2.75) is 19.8 Å². The maximum absolute atomic E-state index is 14.5. The Hall–Kier alpha value is -3.06. The van der Waals surface area contributed by atoms with Crippen LogP contribution in [0.5, 0.6) is 0 Å². The SMILES string of the molecule is CCCc1cnc(-c2ccc(-c3ccc(C#N)cc3)c(F)c2)nc1. The number of hydrogen-bond acceptors (Lipinski definition) is 3. The molecule has 0 bridgehead atoms. The van der Waals surface area contributed by atoms with Crippen molar-refractivity contribution in [3.63, 3.8) is 0 Å². The lowest BCUT2D eigenvalue weighted by Crippen LogP contribution is -1.94. The average molecular weight is 317 g/mol. The summed E-state index contributed by atoms with van der Waals surface area (Å²) in [4.78, 5) is 8.64. The molecule has 0 amide bonds. The third-order valence-corrected chi connectivity index (χ3v) is 3.80. The normalized spacial score (nSPS) is 10.4. The van der Waals surface area contributed by atoms with E-state index in [0.29, 0.717) is 22.5 Å². The molecule has 3 nitrogen and oxygen atoms in total. The van der Waals surface area contributed by atoms with E-state index in [0.717, 1.165) is 24.0 Å². The molecule has 0 aliphatic carbocycles. The second-order valence-corrected chi connectivity index (χ2v) is 5.55. The first-order valence-corrected chi connectivity index (χ1v) is 7.82. The van der Waals surface area contributed by atoms with Crippen LogP contribution >= 0.6 is 0 Å². The molecule has 0 atom stereocenters. The first-order chi connectivity index (χ1) is 11.7. The Morgan fingerprint density at radius 3 is 2.25 bits per heavy atom. The van der Waals surface area contributed by atoms with Crippen molar-refractivity contribution in [3.8, 4) is 28.6 Å². The predicted molar refractivity (Wildman–Crippen MR) is 91.6 cm³/mol. The van der Waals surface area contributed by atoms with Gasteiger partial charge in [-0.15, -0.1) is 0 Å². The Bertz CT molecular complexity index is 878. The molecule has 0 aliphatic rings. The van der Waals surface area contributed by atoms with Gasteiger partial charge < -0.3 is 0 Å². The van der Waals surface area contributed by atoms with Gasteiger partial charge >= 0.3 is 0 Å². The highest BCUT2D eigenvalue weighted by Crippen LogP contribution is 2.26. The molecule has 3 aromatic rings. The van der Waals surface area contributed by atoms with Crippen molar-refractivity contribution in [3.05, 3.63) is 71.8 Å². The van der Waals surface area contributed by atoms with Crippen molar-refractivity contribution in [2.75, 3.05) is 0 Å². The van der Waals surface area contributed by atoms with Crippen LogP contribution < -0.4 is 0 Å². The van der Waals surface area contributed by atoms with Crippen molar-refractivity contribution in [1.29, 1.82) is 5.26 Å². The molecular formula is C20H16FN3. The number of aryl methyl sites for hydroxylation is 1. The highest BCUT2D eigenvalue weighted by atomic mass is 19.1. The lowest BCUT2D eigenvalue weighted by molar-refractivity contribution is 0.631. The van der Waals surface area contributed by atoms with Crippen LogP contribution in [0.2, 0.25) is 0 Å². The van der Waals surface area contributed by atoms with E-state index in [1.165, 1.54) is 6.07 Å². The fourth-order valence-electron chi connectivity index (χ4n) is 2.53. The predicted octanol–water partition coefficient (Wildman–Crippen LogP) is 4.77. The molecule has 0 saturated heterocycles. The molecule has 1 aromatic heterocycles. The summed E-state index contributed by atoms with van der Waals surface area (Å²) < 4.78 is 14.5.